The number of thiocarbonyl (C=S) groups is 1. The van der Waals surface area contributed by atoms with Crippen LogP contribution in [0.3, 0.4) is 0 Å². The first kappa shape index (κ1) is 15.9. The van der Waals surface area contributed by atoms with Gasteiger partial charge in [-0.15, -0.1) is 0 Å². The molecule has 1 aliphatic heterocycles. The molecule has 0 saturated carbocycles. The van der Waals surface area contributed by atoms with Gasteiger partial charge in [0.1, 0.15) is 11.6 Å². The van der Waals surface area contributed by atoms with Gasteiger partial charge in [-0.1, -0.05) is 0 Å². The van der Waals surface area contributed by atoms with Crippen LogP contribution in [0.25, 0.3) is 0 Å². The first-order chi connectivity index (χ1) is 10.2. The Morgan fingerprint density at radius 3 is 3.00 bits per heavy atom. The molecule has 2 rings (SSSR count). The molecule has 0 amide bonds. The molecule has 0 saturated heterocycles. The molecule has 21 heavy (non-hydrogen) atoms. The number of hydrogen-bond acceptors (Lipinski definition) is 4. The zero-order chi connectivity index (χ0) is 15.1. The highest BCUT2D eigenvalue weighted by molar-refractivity contribution is 7.80. The lowest BCUT2D eigenvalue weighted by atomic mass is 10.1. The third-order valence-electron chi connectivity index (χ3n) is 3.02. The van der Waals surface area contributed by atoms with Crippen LogP contribution in [0.4, 0.5) is 4.39 Å². The topological polar surface area (TPSA) is 51.8 Å². The fraction of sp³-hybridized carbons (Fsp3) is 0.500. The molecule has 7 heteroatoms. The minimum atomic E-state index is -0.279. The van der Waals surface area contributed by atoms with E-state index in [0.29, 0.717) is 37.8 Å². The molecule has 0 spiro atoms. The van der Waals surface area contributed by atoms with Gasteiger partial charge in [0.05, 0.1) is 13.2 Å². The molecule has 0 fully saturated rings. The van der Waals surface area contributed by atoms with Crippen molar-refractivity contribution in [2.75, 3.05) is 33.6 Å². The Morgan fingerprint density at radius 1 is 1.38 bits per heavy atom. The number of halogens is 1. The predicted octanol–water partition coefficient (Wildman–Crippen LogP) is 1.35. The van der Waals surface area contributed by atoms with E-state index in [2.05, 4.69) is 10.6 Å². The molecule has 1 aliphatic rings. The van der Waals surface area contributed by atoms with Gasteiger partial charge < -0.3 is 24.8 Å². The third kappa shape index (κ3) is 4.80. The van der Waals surface area contributed by atoms with Crippen LogP contribution < -0.4 is 15.4 Å². The van der Waals surface area contributed by atoms with Crippen LogP contribution in [0.15, 0.2) is 12.1 Å². The maximum Gasteiger partial charge on any atom is 0.189 e. The summed E-state index contributed by atoms with van der Waals surface area (Å²) in [5, 5.41) is 6.64. The van der Waals surface area contributed by atoms with E-state index in [1.54, 1.807) is 7.11 Å². The normalized spacial score (nSPS) is 13.2. The number of ether oxygens (including phenoxy) is 3. The maximum absolute atomic E-state index is 13.6. The summed E-state index contributed by atoms with van der Waals surface area (Å²) in [5.41, 5.74) is 1.57. The lowest BCUT2D eigenvalue weighted by Gasteiger charge is -2.21. The van der Waals surface area contributed by atoms with Crippen LogP contribution >= 0.6 is 12.2 Å². The summed E-state index contributed by atoms with van der Waals surface area (Å²) in [6.45, 7) is 2.42. The zero-order valence-corrected chi connectivity index (χ0v) is 12.7. The second kappa shape index (κ2) is 8.11. The largest absolute Gasteiger partial charge is 0.467 e. The van der Waals surface area contributed by atoms with Crippen molar-refractivity contribution in [2.24, 2.45) is 0 Å². The van der Waals surface area contributed by atoms with Gasteiger partial charge in [-0.3, -0.25) is 0 Å². The number of benzene rings is 1. The van der Waals surface area contributed by atoms with Crippen LogP contribution in [0, 0.1) is 5.82 Å². The second-order valence-electron chi connectivity index (χ2n) is 4.59. The minimum Gasteiger partial charge on any atom is -0.467 e. The van der Waals surface area contributed by atoms with Gasteiger partial charge in [-0.2, -0.15) is 0 Å². The van der Waals surface area contributed by atoms with Crippen molar-refractivity contribution in [1.82, 2.24) is 10.6 Å². The van der Waals surface area contributed by atoms with Crippen LogP contribution in [-0.4, -0.2) is 38.7 Å². The Balaban J connectivity index is 1.86. The third-order valence-corrected chi connectivity index (χ3v) is 3.31. The van der Waals surface area contributed by atoms with Crippen molar-refractivity contribution in [3.05, 3.63) is 29.1 Å². The Kier molecular flexibility index (Phi) is 6.16. The maximum atomic E-state index is 13.6. The van der Waals surface area contributed by atoms with Crippen molar-refractivity contribution < 1.29 is 18.6 Å². The van der Waals surface area contributed by atoms with E-state index >= 15 is 0 Å². The zero-order valence-electron chi connectivity index (χ0n) is 11.9. The molecule has 0 aliphatic carbocycles. The number of methoxy groups -OCH3 is 1. The average molecular weight is 314 g/mol. The van der Waals surface area contributed by atoms with E-state index in [1.165, 1.54) is 12.1 Å². The van der Waals surface area contributed by atoms with Crippen molar-refractivity contribution in [2.45, 2.75) is 13.0 Å². The van der Waals surface area contributed by atoms with E-state index in [-0.39, 0.29) is 12.6 Å². The first-order valence-electron chi connectivity index (χ1n) is 6.73. The molecule has 0 aromatic heterocycles. The van der Waals surface area contributed by atoms with Crippen LogP contribution in [-0.2, 0) is 22.5 Å². The van der Waals surface area contributed by atoms with E-state index in [0.717, 1.165) is 16.9 Å². The minimum absolute atomic E-state index is 0.204. The Hall–Kier alpha value is -1.44. The quantitative estimate of drug-likeness (QED) is 0.611. The van der Waals surface area contributed by atoms with Gasteiger partial charge in [0.15, 0.2) is 11.9 Å². The monoisotopic (exact) mass is 314 g/mol. The summed E-state index contributed by atoms with van der Waals surface area (Å²) in [6, 6.07) is 2.94. The van der Waals surface area contributed by atoms with Gasteiger partial charge in [0, 0.05) is 25.8 Å². The summed E-state index contributed by atoms with van der Waals surface area (Å²) in [4.78, 5) is 0. The van der Waals surface area contributed by atoms with Gasteiger partial charge >= 0.3 is 0 Å². The summed E-state index contributed by atoms with van der Waals surface area (Å²) in [5.74, 6) is 0.446. The van der Waals surface area contributed by atoms with Crippen LogP contribution in [0.2, 0.25) is 0 Å². The number of fused-ring (bicyclic) bond motifs is 1. The molecule has 0 unspecified atom stereocenters. The van der Waals surface area contributed by atoms with Gasteiger partial charge in [0.2, 0.25) is 0 Å². The highest BCUT2D eigenvalue weighted by atomic mass is 32.1. The summed E-state index contributed by atoms with van der Waals surface area (Å²) in [7, 11) is 1.63. The molecule has 1 aromatic rings. The van der Waals surface area contributed by atoms with Crippen molar-refractivity contribution >= 4 is 17.3 Å². The predicted molar refractivity (Wildman–Crippen MR) is 80.9 cm³/mol. The molecule has 116 valence electrons. The van der Waals surface area contributed by atoms with E-state index in [4.69, 9.17) is 26.4 Å². The van der Waals surface area contributed by atoms with Gasteiger partial charge in [-0.05, 0) is 36.3 Å². The molecule has 1 aromatic carbocycles. The van der Waals surface area contributed by atoms with E-state index in [1.807, 2.05) is 0 Å². The molecular weight excluding hydrogens is 295 g/mol. The highest BCUT2D eigenvalue weighted by Gasteiger charge is 2.16. The standard InChI is InChI=1S/C14H19FN2O3S/c1-18-5-4-17-14(21)16-3-2-10-6-12(15)7-11-8-19-9-20-13(10)11/h6-7H,2-5,8-9H2,1H3,(H2,16,17,21). The Labute approximate surface area is 128 Å². The number of rotatable bonds is 6. The van der Waals surface area contributed by atoms with E-state index < -0.39 is 0 Å². The molecular formula is C14H19FN2O3S. The van der Waals surface area contributed by atoms with Crippen LogP contribution in [0.1, 0.15) is 11.1 Å². The second-order valence-corrected chi connectivity index (χ2v) is 5.00. The van der Waals surface area contributed by atoms with Crippen LogP contribution in [0.5, 0.6) is 5.75 Å². The number of hydrogen-bond donors (Lipinski definition) is 2. The summed E-state index contributed by atoms with van der Waals surface area (Å²) < 4.78 is 29.1. The van der Waals surface area contributed by atoms with Crippen molar-refractivity contribution in [3.63, 3.8) is 0 Å². The molecule has 2 N–H and O–H groups in total. The molecule has 5 nitrogen and oxygen atoms in total. The fourth-order valence-electron chi connectivity index (χ4n) is 2.08. The SMILES string of the molecule is COCCNC(=S)NCCc1cc(F)cc2c1OCOC2. The van der Waals surface area contributed by atoms with Gasteiger partial charge in [-0.25, -0.2) is 4.39 Å². The summed E-state index contributed by atoms with van der Waals surface area (Å²) in [6.07, 6.45) is 0.617. The van der Waals surface area contributed by atoms with Gasteiger partial charge in [0.25, 0.3) is 0 Å². The van der Waals surface area contributed by atoms with Crippen molar-refractivity contribution in [3.8, 4) is 5.75 Å². The lowest BCUT2D eigenvalue weighted by Crippen LogP contribution is -2.38. The summed E-state index contributed by atoms with van der Waals surface area (Å²) >= 11 is 5.13. The fourth-order valence-corrected chi connectivity index (χ4v) is 2.29. The molecule has 0 atom stereocenters. The Bertz CT molecular complexity index is 499. The van der Waals surface area contributed by atoms with E-state index in [9.17, 15) is 4.39 Å². The highest BCUT2D eigenvalue weighted by Crippen LogP contribution is 2.29. The molecule has 1 heterocycles. The lowest BCUT2D eigenvalue weighted by molar-refractivity contribution is -0.0172. The molecule has 0 bridgehead atoms. The van der Waals surface area contributed by atoms with Crippen molar-refractivity contribution in [1.29, 1.82) is 0 Å². The first-order valence-corrected chi connectivity index (χ1v) is 7.14. The average Bonchev–Trinajstić information content (AvgIpc) is 2.47. The number of nitrogens with one attached hydrogen (secondary N) is 2. The Morgan fingerprint density at radius 2 is 2.19 bits per heavy atom. The smallest absolute Gasteiger partial charge is 0.189 e. The molecule has 0 radical (unpaired) electrons.